The highest BCUT2D eigenvalue weighted by atomic mass is 16.2. The zero-order valence-electron chi connectivity index (χ0n) is 22.5. The number of hydrogen-bond donors (Lipinski definition) is 0. The molecule has 8 heteroatoms. The second-order valence-electron chi connectivity index (χ2n) is 10.7. The maximum absolute atomic E-state index is 13.4. The van der Waals surface area contributed by atoms with Crippen LogP contribution in [-0.4, -0.2) is 68.4 Å². The zero-order valence-corrected chi connectivity index (χ0v) is 22.5. The van der Waals surface area contributed by atoms with E-state index in [1.54, 1.807) is 12.5 Å². The van der Waals surface area contributed by atoms with Crippen LogP contribution < -0.4 is 4.90 Å². The lowest BCUT2D eigenvalue weighted by Crippen LogP contribution is -2.55. The van der Waals surface area contributed by atoms with Crippen LogP contribution in [0.15, 0.2) is 73.2 Å². The van der Waals surface area contributed by atoms with Crippen molar-refractivity contribution in [3.8, 4) is 0 Å². The van der Waals surface area contributed by atoms with Crippen LogP contribution in [0, 0.1) is 0 Å². The van der Waals surface area contributed by atoms with Gasteiger partial charge in [0.25, 0.3) is 0 Å². The zero-order chi connectivity index (χ0) is 26.9. The number of pyridine rings is 1. The second kappa shape index (κ2) is 10.5. The number of fused-ring (bicyclic) bond motifs is 2. The molecule has 6 rings (SSSR count). The van der Waals surface area contributed by atoms with E-state index in [0.717, 1.165) is 42.8 Å². The Morgan fingerprint density at radius 2 is 1.82 bits per heavy atom. The van der Waals surface area contributed by atoms with Gasteiger partial charge in [-0.25, -0.2) is 9.97 Å². The first-order valence-corrected chi connectivity index (χ1v) is 13.7. The van der Waals surface area contributed by atoms with Crippen molar-refractivity contribution in [1.82, 2.24) is 24.3 Å². The summed E-state index contributed by atoms with van der Waals surface area (Å²) in [6.07, 6.45) is 4.28. The van der Waals surface area contributed by atoms with Crippen LogP contribution >= 0.6 is 0 Å². The molecule has 1 saturated heterocycles. The number of hydrogen-bond acceptors (Lipinski definition) is 5. The summed E-state index contributed by atoms with van der Waals surface area (Å²) in [5.41, 5.74) is 6.31. The Bertz CT molecular complexity index is 1500. The third-order valence-electron chi connectivity index (χ3n) is 8.20. The van der Waals surface area contributed by atoms with Gasteiger partial charge in [-0.1, -0.05) is 42.5 Å². The molecular formula is C31H34N6O2. The van der Waals surface area contributed by atoms with Crippen LogP contribution in [0.2, 0.25) is 0 Å². The molecular weight excluding hydrogens is 488 g/mol. The molecule has 200 valence electrons. The van der Waals surface area contributed by atoms with Gasteiger partial charge in [-0.15, -0.1) is 0 Å². The molecule has 2 aromatic carbocycles. The van der Waals surface area contributed by atoms with Gasteiger partial charge in [0.15, 0.2) is 5.65 Å². The number of aromatic nitrogens is 3. The molecule has 0 saturated carbocycles. The maximum Gasteiger partial charge on any atom is 0.242 e. The Labute approximate surface area is 228 Å². The topological polar surface area (TPSA) is 74.6 Å². The molecule has 4 heterocycles. The van der Waals surface area contributed by atoms with E-state index in [9.17, 15) is 9.59 Å². The van der Waals surface area contributed by atoms with Crippen molar-refractivity contribution in [3.63, 3.8) is 0 Å². The van der Waals surface area contributed by atoms with E-state index in [1.807, 2.05) is 63.8 Å². The van der Waals surface area contributed by atoms with Gasteiger partial charge in [0.05, 0.1) is 12.2 Å². The highest BCUT2D eigenvalue weighted by Gasteiger charge is 2.32. The molecule has 1 unspecified atom stereocenters. The fraction of sp³-hybridized carbons (Fsp3) is 0.355. The van der Waals surface area contributed by atoms with Crippen molar-refractivity contribution in [1.29, 1.82) is 0 Å². The first-order valence-electron chi connectivity index (χ1n) is 13.7. The largest absolute Gasteiger partial charge is 0.367 e. The molecule has 2 aromatic heterocycles. The lowest BCUT2D eigenvalue weighted by Gasteiger charge is -2.43. The molecule has 0 aliphatic carbocycles. The molecule has 4 aromatic rings. The standard InChI is InChI=1S/C31H34N6O2/c1-22-18-34(16-17-37(22)29(38)20-36-21-33-27-11-7-14-32-30(27)36)28-12-6-10-25-13-15-35(19-26(25)28)31(39)23(2)24-8-4-3-5-9-24/h3-12,14,21-23H,13,15-20H2,1-2H3/t22-,23?/m1/s1. The van der Waals surface area contributed by atoms with Gasteiger partial charge in [-0.2, -0.15) is 0 Å². The highest BCUT2D eigenvalue weighted by molar-refractivity contribution is 5.84. The van der Waals surface area contributed by atoms with Gasteiger partial charge in [-0.05, 0) is 55.2 Å². The van der Waals surface area contributed by atoms with Gasteiger partial charge >= 0.3 is 0 Å². The molecule has 2 amide bonds. The number of benzene rings is 2. The SMILES string of the molecule is CC(C(=O)N1CCc2cccc(N3CCN(C(=O)Cn4cnc5cccnc54)[C@H](C)C3)c2C1)c1ccccc1. The second-order valence-corrected chi connectivity index (χ2v) is 10.7. The summed E-state index contributed by atoms with van der Waals surface area (Å²) in [5.74, 6) is 0.0816. The lowest BCUT2D eigenvalue weighted by molar-refractivity contribution is -0.134. The van der Waals surface area contributed by atoms with Crippen molar-refractivity contribution in [3.05, 3.63) is 89.9 Å². The maximum atomic E-state index is 13.4. The molecule has 2 aliphatic heterocycles. The minimum atomic E-state index is -0.169. The minimum absolute atomic E-state index is 0.0595. The highest BCUT2D eigenvalue weighted by Crippen LogP contribution is 2.32. The van der Waals surface area contributed by atoms with Gasteiger partial charge < -0.3 is 19.3 Å². The first-order chi connectivity index (χ1) is 19.0. The third-order valence-corrected chi connectivity index (χ3v) is 8.20. The predicted octanol–water partition coefficient (Wildman–Crippen LogP) is 3.86. The molecule has 0 radical (unpaired) electrons. The summed E-state index contributed by atoms with van der Waals surface area (Å²) in [7, 11) is 0. The summed E-state index contributed by atoms with van der Waals surface area (Å²) >= 11 is 0. The average Bonchev–Trinajstić information content (AvgIpc) is 3.38. The molecule has 0 bridgehead atoms. The Morgan fingerprint density at radius 3 is 2.64 bits per heavy atom. The Morgan fingerprint density at radius 1 is 0.974 bits per heavy atom. The number of nitrogens with zero attached hydrogens (tertiary/aromatic N) is 6. The molecule has 0 N–H and O–H groups in total. The van der Waals surface area contributed by atoms with E-state index in [2.05, 4.69) is 40.0 Å². The number of carbonyl (C=O) groups excluding carboxylic acids is 2. The van der Waals surface area contributed by atoms with Crippen molar-refractivity contribution in [2.45, 2.75) is 45.3 Å². The lowest BCUT2D eigenvalue weighted by atomic mass is 9.94. The summed E-state index contributed by atoms with van der Waals surface area (Å²) in [4.78, 5) is 41.8. The van der Waals surface area contributed by atoms with Crippen LogP contribution in [0.1, 0.15) is 36.5 Å². The van der Waals surface area contributed by atoms with Gasteiger partial charge in [-0.3, -0.25) is 9.59 Å². The van der Waals surface area contributed by atoms with E-state index in [-0.39, 0.29) is 30.3 Å². The van der Waals surface area contributed by atoms with E-state index >= 15 is 0 Å². The first kappa shape index (κ1) is 25.1. The molecule has 0 spiro atoms. The number of anilines is 1. The van der Waals surface area contributed by atoms with Crippen LogP contribution in [0.3, 0.4) is 0 Å². The summed E-state index contributed by atoms with van der Waals surface area (Å²) in [5, 5.41) is 0. The Hall–Kier alpha value is -4.20. The van der Waals surface area contributed by atoms with Crippen molar-refractivity contribution in [2.24, 2.45) is 0 Å². The smallest absolute Gasteiger partial charge is 0.242 e. The summed E-state index contributed by atoms with van der Waals surface area (Å²) < 4.78 is 1.83. The minimum Gasteiger partial charge on any atom is -0.367 e. The Kier molecular flexibility index (Phi) is 6.77. The molecule has 1 fully saturated rings. The number of carbonyl (C=O) groups is 2. The summed E-state index contributed by atoms with van der Waals surface area (Å²) in [6.45, 7) is 7.86. The van der Waals surface area contributed by atoms with Crippen LogP contribution in [-0.2, 0) is 29.1 Å². The third kappa shape index (κ3) is 4.87. The fourth-order valence-electron chi connectivity index (χ4n) is 6.00. The number of imidazole rings is 1. The van der Waals surface area contributed by atoms with E-state index in [4.69, 9.17) is 0 Å². The molecule has 39 heavy (non-hydrogen) atoms. The molecule has 8 nitrogen and oxygen atoms in total. The number of amides is 2. The average molecular weight is 523 g/mol. The number of rotatable bonds is 5. The fourth-order valence-corrected chi connectivity index (χ4v) is 6.00. The van der Waals surface area contributed by atoms with Gasteiger partial charge in [0, 0.05) is 50.6 Å². The van der Waals surface area contributed by atoms with Crippen molar-refractivity contribution in [2.75, 3.05) is 31.1 Å². The monoisotopic (exact) mass is 522 g/mol. The van der Waals surface area contributed by atoms with Gasteiger partial charge in [0.1, 0.15) is 12.1 Å². The number of piperazine rings is 1. The van der Waals surface area contributed by atoms with Gasteiger partial charge in [0.2, 0.25) is 11.8 Å². The summed E-state index contributed by atoms with van der Waals surface area (Å²) in [6, 6.07) is 20.3. The molecule has 2 atom stereocenters. The van der Waals surface area contributed by atoms with E-state index < -0.39 is 0 Å². The van der Waals surface area contributed by atoms with Crippen molar-refractivity contribution < 1.29 is 9.59 Å². The molecule has 2 aliphatic rings. The van der Waals surface area contributed by atoms with E-state index in [0.29, 0.717) is 13.1 Å². The van der Waals surface area contributed by atoms with Crippen LogP contribution in [0.4, 0.5) is 5.69 Å². The van der Waals surface area contributed by atoms with E-state index in [1.165, 1.54) is 16.8 Å². The normalized spacial score (nSPS) is 18.2. The van der Waals surface area contributed by atoms with Crippen LogP contribution in [0.25, 0.3) is 11.2 Å². The Balaban J connectivity index is 1.15. The van der Waals surface area contributed by atoms with Crippen LogP contribution in [0.5, 0.6) is 0 Å². The van der Waals surface area contributed by atoms with Crippen molar-refractivity contribution >= 4 is 28.7 Å². The quantitative estimate of drug-likeness (QED) is 0.398. The predicted molar refractivity (Wildman–Crippen MR) is 151 cm³/mol.